The summed E-state index contributed by atoms with van der Waals surface area (Å²) >= 11 is 8.69. The van der Waals surface area contributed by atoms with Crippen molar-refractivity contribution in [3.63, 3.8) is 0 Å². The summed E-state index contributed by atoms with van der Waals surface area (Å²) in [6, 6.07) is 8.06. The Balaban J connectivity index is 1.93. The van der Waals surface area contributed by atoms with Gasteiger partial charge in [-0.3, -0.25) is 4.79 Å². The number of anilines is 1. The van der Waals surface area contributed by atoms with Crippen LogP contribution in [0.15, 0.2) is 43.1 Å². The van der Waals surface area contributed by atoms with Crippen LogP contribution >= 0.6 is 34.2 Å². The van der Waals surface area contributed by atoms with Gasteiger partial charge < -0.3 is 9.88 Å². The molecule has 1 aromatic carbocycles. The summed E-state index contributed by atoms with van der Waals surface area (Å²) in [5.74, 6) is -0.0635. The Labute approximate surface area is 164 Å². The largest absolute Gasteiger partial charge is 0.334 e. The molecule has 6 heteroatoms. The first-order valence-corrected chi connectivity index (χ1v) is 9.44. The van der Waals surface area contributed by atoms with Gasteiger partial charge in [-0.1, -0.05) is 30.3 Å². The van der Waals surface area contributed by atoms with Crippen molar-refractivity contribution in [2.24, 2.45) is 0 Å². The lowest BCUT2D eigenvalue weighted by molar-refractivity contribution is -0.114. The van der Waals surface area contributed by atoms with Crippen molar-refractivity contribution in [3.05, 3.63) is 57.4 Å². The van der Waals surface area contributed by atoms with Gasteiger partial charge >= 0.3 is 0 Å². The summed E-state index contributed by atoms with van der Waals surface area (Å²) in [4.78, 5) is 21.7. The number of benzene rings is 1. The summed E-state index contributed by atoms with van der Waals surface area (Å²) < 4.78 is 0.977. The number of H-pyrrole nitrogens is 1. The Bertz CT molecular complexity index is 1010. The van der Waals surface area contributed by atoms with Crippen molar-refractivity contribution in [2.75, 3.05) is 11.4 Å². The number of pyridine rings is 1. The average molecular weight is 464 g/mol. The molecule has 1 N–H and O–H groups in total. The number of carbonyl (C=O) groups excluding carboxylic acids is 1. The van der Waals surface area contributed by atoms with Crippen LogP contribution in [0, 0.1) is 3.70 Å². The van der Waals surface area contributed by atoms with Crippen LogP contribution in [-0.2, 0) is 11.2 Å². The molecule has 0 unspecified atom stereocenters. The number of carbonyl (C=O) groups is 1. The molecule has 3 aromatic rings. The first kappa shape index (κ1) is 16.6. The summed E-state index contributed by atoms with van der Waals surface area (Å²) in [6.45, 7) is 4.34. The number of rotatable bonds is 2. The van der Waals surface area contributed by atoms with E-state index in [0.717, 1.165) is 44.4 Å². The zero-order chi connectivity index (χ0) is 17.6. The van der Waals surface area contributed by atoms with Gasteiger partial charge in [0.2, 0.25) is 5.91 Å². The zero-order valence-electron chi connectivity index (χ0n) is 13.4. The number of halogens is 2. The van der Waals surface area contributed by atoms with Gasteiger partial charge in [-0.15, -0.1) is 0 Å². The third kappa shape index (κ3) is 2.75. The Hall–Kier alpha value is -1.86. The Morgan fingerprint density at radius 3 is 3.04 bits per heavy atom. The van der Waals surface area contributed by atoms with Crippen LogP contribution in [0.25, 0.3) is 22.2 Å². The monoisotopic (exact) mass is 463 g/mol. The number of nitrogens with zero attached hydrogens (tertiary/aromatic N) is 2. The van der Waals surface area contributed by atoms with Gasteiger partial charge in [0.05, 0.1) is 8.72 Å². The molecule has 4 rings (SSSR count). The van der Waals surface area contributed by atoms with Crippen LogP contribution in [0.3, 0.4) is 0 Å². The van der Waals surface area contributed by atoms with Crippen molar-refractivity contribution < 1.29 is 4.79 Å². The maximum absolute atomic E-state index is 12.2. The minimum atomic E-state index is -0.0635. The normalized spacial score (nSPS) is 13.8. The van der Waals surface area contributed by atoms with E-state index in [-0.39, 0.29) is 5.91 Å². The highest BCUT2D eigenvalue weighted by molar-refractivity contribution is 14.1. The van der Waals surface area contributed by atoms with E-state index in [1.54, 1.807) is 17.2 Å². The van der Waals surface area contributed by atoms with E-state index >= 15 is 0 Å². The number of aromatic nitrogens is 2. The second kappa shape index (κ2) is 6.46. The summed E-state index contributed by atoms with van der Waals surface area (Å²) in [6.07, 6.45) is 5.01. The number of aromatic amines is 1. The third-order valence-electron chi connectivity index (χ3n) is 4.53. The maximum Gasteiger partial charge on any atom is 0.250 e. The molecule has 1 amide bonds. The SMILES string of the molecule is C=CC(=O)N1CCCc2ccc(-c3c(I)[nH]c4nccc(Cl)c34)cc21. The minimum Gasteiger partial charge on any atom is -0.334 e. The summed E-state index contributed by atoms with van der Waals surface area (Å²) in [5.41, 5.74) is 4.95. The Morgan fingerprint density at radius 1 is 1.40 bits per heavy atom. The maximum atomic E-state index is 12.2. The first-order chi connectivity index (χ1) is 12.1. The van der Waals surface area contributed by atoms with E-state index in [2.05, 4.69) is 57.3 Å². The van der Waals surface area contributed by atoms with E-state index in [1.165, 1.54) is 11.6 Å². The fourth-order valence-corrected chi connectivity index (χ4v) is 4.46. The third-order valence-corrected chi connectivity index (χ3v) is 5.66. The van der Waals surface area contributed by atoms with E-state index in [1.807, 2.05) is 0 Å². The lowest BCUT2D eigenvalue weighted by Gasteiger charge is -2.29. The quantitative estimate of drug-likeness (QED) is 0.432. The molecule has 126 valence electrons. The number of aryl methyl sites for hydroxylation is 1. The van der Waals surface area contributed by atoms with Crippen LogP contribution in [0.1, 0.15) is 12.0 Å². The number of amides is 1. The molecule has 3 heterocycles. The zero-order valence-corrected chi connectivity index (χ0v) is 16.3. The highest BCUT2D eigenvalue weighted by Crippen LogP contribution is 2.39. The highest BCUT2D eigenvalue weighted by atomic mass is 127. The van der Waals surface area contributed by atoms with Gasteiger partial charge in [0.1, 0.15) is 5.65 Å². The van der Waals surface area contributed by atoms with Crippen LogP contribution in [0.2, 0.25) is 5.02 Å². The predicted octanol–water partition coefficient (Wildman–Crippen LogP) is 4.95. The van der Waals surface area contributed by atoms with Crippen LogP contribution in [0.4, 0.5) is 5.69 Å². The van der Waals surface area contributed by atoms with Crippen LogP contribution in [0.5, 0.6) is 0 Å². The van der Waals surface area contributed by atoms with Gasteiger partial charge in [0.15, 0.2) is 0 Å². The molecule has 0 bridgehead atoms. The van der Waals surface area contributed by atoms with Gasteiger partial charge in [0.25, 0.3) is 0 Å². The first-order valence-electron chi connectivity index (χ1n) is 7.99. The predicted molar refractivity (Wildman–Crippen MR) is 110 cm³/mol. The van der Waals surface area contributed by atoms with Gasteiger partial charge in [-0.05, 0) is 64.8 Å². The fourth-order valence-electron chi connectivity index (χ4n) is 3.39. The number of hydrogen-bond donors (Lipinski definition) is 1. The second-order valence-corrected chi connectivity index (χ2v) is 7.46. The fraction of sp³-hybridized carbons (Fsp3) is 0.158. The Morgan fingerprint density at radius 2 is 2.24 bits per heavy atom. The molecule has 0 spiro atoms. The standard InChI is InChI=1S/C19H15ClIN3O/c1-2-15(25)24-9-3-4-11-5-6-12(10-14(11)24)16-17-13(20)7-8-22-19(17)23-18(16)21/h2,5-8,10H,1,3-4,9H2,(H,22,23). The lowest BCUT2D eigenvalue weighted by Crippen LogP contribution is -2.34. The molecular formula is C19H15ClIN3O. The van der Waals surface area contributed by atoms with E-state index in [0.29, 0.717) is 11.6 Å². The number of hydrogen-bond acceptors (Lipinski definition) is 2. The smallest absolute Gasteiger partial charge is 0.250 e. The topological polar surface area (TPSA) is 49.0 Å². The van der Waals surface area contributed by atoms with Gasteiger partial charge in [0, 0.05) is 29.4 Å². The molecule has 0 aliphatic carbocycles. The van der Waals surface area contributed by atoms with Crippen molar-refractivity contribution in [2.45, 2.75) is 12.8 Å². The molecule has 0 saturated heterocycles. The van der Waals surface area contributed by atoms with Gasteiger partial charge in [-0.2, -0.15) is 0 Å². The Kier molecular flexibility index (Phi) is 4.29. The molecule has 2 aromatic heterocycles. The highest BCUT2D eigenvalue weighted by Gasteiger charge is 2.23. The summed E-state index contributed by atoms with van der Waals surface area (Å²) in [7, 11) is 0. The average Bonchev–Trinajstić information content (AvgIpc) is 2.97. The molecule has 0 atom stereocenters. The lowest BCUT2D eigenvalue weighted by atomic mass is 9.96. The van der Waals surface area contributed by atoms with Gasteiger partial charge in [-0.25, -0.2) is 4.98 Å². The number of fused-ring (bicyclic) bond motifs is 2. The second-order valence-electron chi connectivity index (χ2n) is 5.97. The van der Waals surface area contributed by atoms with Crippen LogP contribution in [-0.4, -0.2) is 22.4 Å². The molecule has 0 radical (unpaired) electrons. The molecule has 4 nitrogen and oxygen atoms in total. The van der Waals surface area contributed by atoms with Crippen molar-refractivity contribution in [3.8, 4) is 11.1 Å². The van der Waals surface area contributed by atoms with E-state index in [4.69, 9.17) is 11.6 Å². The van der Waals surface area contributed by atoms with E-state index < -0.39 is 0 Å². The molecular weight excluding hydrogens is 449 g/mol. The van der Waals surface area contributed by atoms with Crippen molar-refractivity contribution in [1.82, 2.24) is 9.97 Å². The molecule has 1 aliphatic heterocycles. The number of nitrogens with one attached hydrogen (secondary N) is 1. The van der Waals surface area contributed by atoms with Crippen molar-refractivity contribution in [1.29, 1.82) is 0 Å². The summed E-state index contributed by atoms with van der Waals surface area (Å²) in [5, 5.41) is 1.57. The minimum absolute atomic E-state index is 0.0635. The molecule has 1 aliphatic rings. The van der Waals surface area contributed by atoms with E-state index in [9.17, 15) is 4.79 Å². The van der Waals surface area contributed by atoms with Crippen molar-refractivity contribution >= 4 is 56.8 Å². The molecule has 25 heavy (non-hydrogen) atoms. The molecule has 0 fully saturated rings. The molecule has 0 saturated carbocycles. The van der Waals surface area contributed by atoms with Crippen LogP contribution < -0.4 is 4.90 Å².